The zero-order valence-electron chi connectivity index (χ0n) is 18.0. The maximum atomic E-state index is 13.5. The van der Waals surface area contributed by atoms with Crippen LogP contribution in [0.5, 0.6) is 0 Å². The molecule has 1 aromatic heterocycles. The van der Waals surface area contributed by atoms with E-state index in [-0.39, 0.29) is 23.3 Å². The number of aromatic amines is 1. The van der Waals surface area contributed by atoms with Crippen molar-refractivity contribution in [3.63, 3.8) is 0 Å². The highest BCUT2D eigenvalue weighted by atomic mass is 19.1. The number of piperidine rings is 1. The van der Waals surface area contributed by atoms with Crippen LogP contribution in [0.4, 0.5) is 10.3 Å². The first-order valence-corrected chi connectivity index (χ1v) is 11.3. The molecule has 2 aromatic carbocycles. The molecule has 5 rings (SSSR count). The molecule has 3 heterocycles. The second-order valence-corrected chi connectivity index (χ2v) is 8.64. The summed E-state index contributed by atoms with van der Waals surface area (Å²) in [6.45, 7) is 3.31. The van der Waals surface area contributed by atoms with Crippen LogP contribution >= 0.6 is 0 Å². The lowest BCUT2D eigenvalue weighted by molar-refractivity contribution is 0.453. The second kappa shape index (κ2) is 9.22. The minimum Gasteiger partial charge on any atom is -0.354 e. The summed E-state index contributed by atoms with van der Waals surface area (Å²) in [6.07, 6.45) is 2.78. The van der Waals surface area contributed by atoms with E-state index in [1.807, 2.05) is 0 Å². The fraction of sp³-hybridized carbons (Fsp3) is 0.360. The molecule has 1 atom stereocenters. The molecule has 1 unspecified atom stereocenters. The van der Waals surface area contributed by atoms with Crippen molar-refractivity contribution in [1.82, 2.24) is 20.6 Å². The Labute approximate surface area is 186 Å². The number of rotatable bonds is 5. The average Bonchev–Trinajstić information content (AvgIpc) is 2.83. The number of H-pyrrole nitrogens is 1. The van der Waals surface area contributed by atoms with Gasteiger partial charge >= 0.3 is 0 Å². The fourth-order valence-electron chi connectivity index (χ4n) is 4.75. The van der Waals surface area contributed by atoms with Crippen molar-refractivity contribution in [2.75, 3.05) is 25.0 Å². The first-order valence-electron chi connectivity index (χ1n) is 11.3. The van der Waals surface area contributed by atoms with E-state index in [0.717, 1.165) is 44.6 Å². The Kier molecular flexibility index (Phi) is 6.01. The van der Waals surface area contributed by atoms with Gasteiger partial charge in [0.25, 0.3) is 5.56 Å². The number of nitrogens with zero attached hydrogens (tertiary/aromatic N) is 1. The van der Waals surface area contributed by atoms with Gasteiger partial charge in [-0.15, -0.1) is 0 Å². The molecule has 0 spiro atoms. The van der Waals surface area contributed by atoms with Gasteiger partial charge in [-0.25, -0.2) is 9.37 Å². The molecule has 32 heavy (non-hydrogen) atoms. The van der Waals surface area contributed by atoms with E-state index >= 15 is 0 Å². The van der Waals surface area contributed by atoms with E-state index in [2.05, 4.69) is 45.2 Å². The van der Waals surface area contributed by atoms with Crippen LogP contribution in [-0.4, -0.2) is 35.6 Å². The Balaban J connectivity index is 1.40. The zero-order valence-corrected chi connectivity index (χ0v) is 18.0. The first-order chi connectivity index (χ1) is 15.7. The van der Waals surface area contributed by atoms with Gasteiger partial charge in [0.05, 0.1) is 11.3 Å². The maximum Gasteiger partial charge on any atom is 0.260 e. The highest BCUT2D eigenvalue weighted by molar-refractivity contribution is 5.66. The highest BCUT2D eigenvalue weighted by Crippen LogP contribution is 2.31. The summed E-state index contributed by atoms with van der Waals surface area (Å²) in [5.74, 6) is 0.371. The summed E-state index contributed by atoms with van der Waals surface area (Å²) in [7, 11) is 0. The molecule has 2 aliphatic rings. The summed E-state index contributed by atoms with van der Waals surface area (Å²) < 4.78 is 13.5. The summed E-state index contributed by atoms with van der Waals surface area (Å²) >= 11 is 0. The van der Waals surface area contributed by atoms with Crippen molar-refractivity contribution >= 4 is 5.95 Å². The van der Waals surface area contributed by atoms with Crippen LogP contribution in [0.25, 0.3) is 11.1 Å². The lowest BCUT2D eigenvalue weighted by atomic mass is 9.89. The SMILES string of the molecule is O=c1[nH]c(NCC2Cc3ccccc3CN2)nc(C2CCNCC2)c1-c1ccc(F)cc1. The molecule has 3 aromatic rings. The van der Waals surface area contributed by atoms with Crippen molar-refractivity contribution in [3.8, 4) is 11.1 Å². The van der Waals surface area contributed by atoms with E-state index in [1.165, 1.54) is 23.3 Å². The number of hydrogen-bond donors (Lipinski definition) is 4. The fourth-order valence-corrected chi connectivity index (χ4v) is 4.75. The maximum absolute atomic E-state index is 13.5. The van der Waals surface area contributed by atoms with Gasteiger partial charge in [-0.3, -0.25) is 9.78 Å². The minimum atomic E-state index is -0.318. The van der Waals surface area contributed by atoms with Crippen LogP contribution in [0.2, 0.25) is 0 Å². The molecule has 166 valence electrons. The topological polar surface area (TPSA) is 81.8 Å². The third-order valence-electron chi connectivity index (χ3n) is 6.49. The van der Waals surface area contributed by atoms with Crippen LogP contribution < -0.4 is 21.5 Å². The molecule has 0 amide bonds. The third-order valence-corrected chi connectivity index (χ3v) is 6.49. The summed E-state index contributed by atoms with van der Waals surface area (Å²) in [5.41, 5.74) is 4.56. The van der Waals surface area contributed by atoms with E-state index in [0.29, 0.717) is 23.6 Å². The van der Waals surface area contributed by atoms with Crippen LogP contribution in [0.15, 0.2) is 53.3 Å². The number of hydrogen-bond acceptors (Lipinski definition) is 5. The average molecular weight is 434 g/mol. The van der Waals surface area contributed by atoms with Crippen LogP contribution in [0.3, 0.4) is 0 Å². The van der Waals surface area contributed by atoms with Gasteiger partial charge < -0.3 is 16.0 Å². The van der Waals surface area contributed by atoms with E-state index in [9.17, 15) is 9.18 Å². The molecule has 4 N–H and O–H groups in total. The molecule has 1 saturated heterocycles. The van der Waals surface area contributed by atoms with Gasteiger partial charge in [0.1, 0.15) is 5.82 Å². The monoisotopic (exact) mass is 433 g/mol. The van der Waals surface area contributed by atoms with Crippen molar-refractivity contribution in [2.24, 2.45) is 0 Å². The van der Waals surface area contributed by atoms with Gasteiger partial charge in [0.15, 0.2) is 0 Å². The van der Waals surface area contributed by atoms with Crippen LogP contribution in [-0.2, 0) is 13.0 Å². The first kappa shape index (κ1) is 20.8. The number of anilines is 1. The molecule has 6 nitrogen and oxygen atoms in total. The highest BCUT2D eigenvalue weighted by Gasteiger charge is 2.24. The smallest absolute Gasteiger partial charge is 0.260 e. The van der Waals surface area contributed by atoms with Crippen LogP contribution in [0, 0.1) is 5.82 Å². The van der Waals surface area contributed by atoms with Gasteiger partial charge in [-0.2, -0.15) is 0 Å². The molecular formula is C25H28FN5O. The quantitative estimate of drug-likeness (QED) is 0.497. The number of fused-ring (bicyclic) bond motifs is 1. The molecule has 1 fully saturated rings. The molecule has 2 aliphatic heterocycles. The van der Waals surface area contributed by atoms with Crippen molar-refractivity contribution in [2.45, 2.75) is 37.8 Å². The standard InChI is InChI=1S/C25H28FN5O/c26-20-7-5-16(6-8-20)22-23(17-9-11-27-12-10-17)30-25(31-24(22)32)29-15-21-13-18-3-1-2-4-19(18)14-28-21/h1-8,17,21,27-28H,9-15H2,(H2,29,30,31,32). The summed E-state index contributed by atoms with van der Waals surface area (Å²) in [5, 5.41) is 10.3. The normalized spacial score (nSPS) is 18.8. The van der Waals surface area contributed by atoms with Gasteiger partial charge in [-0.05, 0) is 61.2 Å². The molecule has 0 aliphatic carbocycles. The van der Waals surface area contributed by atoms with Crippen molar-refractivity contribution in [3.05, 3.63) is 81.5 Å². The predicted molar refractivity (Wildman–Crippen MR) is 124 cm³/mol. The number of halogens is 1. The van der Waals surface area contributed by atoms with Gasteiger partial charge in [-0.1, -0.05) is 36.4 Å². The summed E-state index contributed by atoms with van der Waals surface area (Å²) in [4.78, 5) is 20.9. The largest absolute Gasteiger partial charge is 0.354 e. The Morgan fingerprint density at radius 1 is 1.03 bits per heavy atom. The zero-order chi connectivity index (χ0) is 21.9. The molecule has 0 saturated carbocycles. The Bertz CT molecular complexity index is 1140. The molecular weight excluding hydrogens is 405 g/mol. The lowest BCUT2D eigenvalue weighted by Crippen LogP contribution is -2.41. The Hall–Kier alpha value is -3.03. The minimum absolute atomic E-state index is 0.190. The van der Waals surface area contributed by atoms with Gasteiger partial charge in [0, 0.05) is 25.0 Å². The predicted octanol–water partition coefficient (Wildman–Crippen LogP) is 3.17. The van der Waals surface area contributed by atoms with Gasteiger partial charge in [0.2, 0.25) is 5.95 Å². The number of benzene rings is 2. The molecule has 0 bridgehead atoms. The van der Waals surface area contributed by atoms with Crippen molar-refractivity contribution in [1.29, 1.82) is 0 Å². The van der Waals surface area contributed by atoms with E-state index in [1.54, 1.807) is 12.1 Å². The second-order valence-electron chi connectivity index (χ2n) is 8.64. The van der Waals surface area contributed by atoms with E-state index in [4.69, 9.17) is 4.98 Å². The Morgan fingerprint density at radius 2 is 1.78 bits per heavy atom. The number of aromatic nitrogens is 2. The molecule has 7 heteroatoms. The van der Waals surface area contributed by atoms with E-state index < -0.39 is 0 Å². The Morgan fingerprint density at radius 3 is 2.56 bits per heavy atom. The molecule has 0 radical (unpaired) electrons. The van der Waals surface area contributed by atoms with Crippen molar-refractivity contribution < 1.29 is 4.39 Å². The summed E-state index contributed by atoms with van der Waals surface area (Å²) in [6, 6.07) is 14.8. The lowest BCUT2D eigenvalue weighted by Gasteiger charge is -2.27. The number of nitrogens with one attached hydrogen (secondary N) is 4. The van der Waals surface area contributed by atoms with Crippen LogP contribution in [0.1, 0.15) is 35.6 Å². The third kappa shape index (κ3) is 4.45.